The molecule has 1 aliphatic carbocycles. The van der Waals surface area contributed by atoms with Crippen LogP contribution in [0, 0.1) is 11.3 Å². The van der Waals surface area contributed by atoms with Crippen molar-refractivity contribution in [3.63, 3.8) is 0 Å². The first-order valence-electron chi connectivity index (χ1n) is 7.38. The molecule has 2 aliphatic rings. The van der Waals surface area contributed by atoms with Gasteiger partial charge in [-0.1, -0.05) is 19.8 Å². The van der Waals surface area contributed by atoms with Crippen LogP contribution in [0.3, 0.4) is 0 Å². The molecule has 1 saturated heterocycles. The Labute approximate surface area is 110 Å². The number of hydrogen-bond donors (Lipinski definition) is 2. The van der Waals surface area contributed by atoms with Gasteiger partial charge in [-0.15, -0.1) is 0 Å². The van der Waals surface area contributed by atoms with E-state index in [1.54, 1.807) is 0 Å². The highest BCUT2D eigenvalue weighted by molar-refractivity contribution is 5.74. The van der Waals surface area contributed by atoms with Gasteiger partial charge in [0, 0.05) is 25.0 Å². The number of amides is 2. The molecule has 2 rings (SSSR count). The number of nitrogens with two attached hydrogens (primary N) is 1. The molecule has 1 heterocycles. The summed E-state index contributed by atoms with van der Waals surface area (Å²) in [4.78, 5) is 14.1. The molecule has 1 unspecified atom stereocenters. The van der Waals surface area contributed by atoms with E-state index < -0.39 is 0 Å². The van der Waals surface area contributed by atoms with Gasteiger partial charge < -0.3 is 16.0 Å². The fourth-order valence-electron chi connectivity index (χ4n) is 3.33. The summed E-state index contributed by atoms with van der Waals surface area (Å²) in [6.07, 6.45) is 7.23. The molecule has 0 aromatic heterocycles. The number of nitrogens with one attached hydrogen (secondary N) is 1. The van der Waals surface area contributed by atoms with Crippen LogP contribution in [0.15, 0.2) is 0 Å². The molecular formula is C14H27N3O. The van der Waals surface area contributed by atoms with E-state index in [2.05, 4.69) is 12.2 Å². The number of urea groups is 1. The molecule has 0 bridgehead atoms. The number of piperidine rings is 1. The molecule has 18 heavy (non-hydrogen) atoms. The van der Waals surface area contributed by atoms with Crippen molar-refractivity contribution in [1.29, 1.82) is 0 Å². The van der Waals surface area contributed by atoms with Gasteiger partial charge in [-0.3, -0.25) is 0 Å². The van der Waals surface area contributed by atoms with Crippen molar-refractivity contribution in [2.24, 2.45) is 17.1 Å². The van der Waals surface area contributed by atoms with Gasteiger partial charge in [0.25, 0.3) is 0 Å². The largest absolute Gasteiger partial charge is 0.337 e. The van der Waals surface area contributed by atoms with Crippen LogP contribution in [-0.4, -0.2) is 37.1 Å². The van der Waals surface area contributed by atoms with E-state index in [0.29, 0.717) is 12.5 Å². The van der Waals surface area contributed by atoms with Gasteiger partial charge in [-0.25, -0.2) is 4.79 Å². The highest BCUT2D eigenvalue weighted by Crippen LogP contribution is 2.36. The summed E-state index contributed by atoms with van der Waals surface area (Å²) in [5.41, 5.74) is 6.07. The molecule has 1 aliphatic heterocycles. The molecule has 104 valence electrons. The first-order chi connectivity index (χ1) is 8.65. The molecule has 0 radical (unpaired) electrons. The van der Waals surface area contributed by atoms with Crippen LogP contribution >= 0.6 is 0 Å². The second-order valence-corrected chi connectivity index (χ2v) is 6.26. The van der Waals surface area contributed by atoms with Crippen molar-refractivity contribution in [1.82, 2.24) is 10.2 Å². The predicted molar refractivity (Wildman–Crippen MR) is 73.3 cm³/mol. The summed E-state index contributed by atoms with van der Waals surface area (Å²) in [6.45, 7) is 5.49. The van der Waals surface area contributed by atoms with Crippen molar-refractivity contribution in [2.45, 2.75) is 45.4 Å². The number of likely N-dealkylation sites (tertiary alicyclic amines) is 1. The van der Waals surface area contributed by atoms with E-state index in [-0.39, 0.29) is 11.4 Å². The molecule has 2 fully saturated rings. The Morgan fingerprint density at radius 2 is 2.11 bits per heavy atom. The number of carbonyl (C=O) groups is 1. The van der Waals surface area contributed by atoms with Gasteiger partial charge in [-0.05, 0) is 38.1 Å². The SMILES string of the molecule is CC1CCCN(C(=O)NCC2(CN)CCCC2)C1. The van der Waals surface area contributed by atoms with Crippen LogP contribution in [0.5, 0.6) is 0 Å². The first-order valence-corrected chi connectivity index (χ1v) is 7.38. The van der Waals surface area contributed by atoms with Gasteiger partial charge in [-0.2, -0.15) is 0 Å². The average molecular weight is 253 g/mol. The summed E-state index contributed by atoms with van der Waals surface area (Å²) in [5.74, 6) is 0.638. The Balaban J connectivity index is 1.80. The third-order valence-electron chi connectivity index (χ3n) is 4.66. The summed E-state index contributed by atoms with van der Waals surface area (Å²) >= 11 is 0. The van der Waals surface area contributed by atoms with Gasteiger partial charge in [0.1, 0.15) is 0 Å². The number of nitrogens with zero attached hydrogens (tertiary/aromatic N) is 1. The zero-order chi connectivity index (χ0) is 13.0. The lowest BCUT2D eigenvalue weighted by Crippen LogP contribution is -2.49. The Morgan fingerprint density at radius 1 is 1.39 bits per heavy atom. The molecule has 3 N–H and O–H groups in total. The van der Waals surface area contributed by atoms with Gasteiger partial charge >= 0.3 is 6.03 Å². The molecule has 0 aromatic carbocycles. The maximum Gasteiger partial charge on any atom is 0.317 e. The van der Waals surface area contributed by atoms with E-state index in [1.165, 1.54) is 32.1 Å². The summed E-state index contributed by atoms with van der Waals surface area (Å²) < 4.78 is 0. The molecule has 0 spiro atoms. The third kappa shape index (κ3) is 3.16. The van der Waals surface area contributed by atoms with E-state index in [0.717, 1.165) is 26.1 Å². The van der Waals surface area contributed by atoms with Crippen molar-refractivity contribution in [2.75, 3.05) is 26.2 Å². The van der Waals surface area contributed by atoms with Crippen molar-refractivity contribution in [3.05, 3.63) is 0 Å². The van der Waals surface area contributed by atoms with Crippen LogP contribution in [0.1, 0.15) is 45.4 Å². The Morgan fingerprint density at radius 3 is 2.72 bits per heavy atom. The van der Waals surface area contributed by atoms with Crippen molar-refractivity contribution in [3.8, 4) is 0 Å². The second-order valence-electron chi connectivity index (χ2n) is 6.26. The second kappa shape index (κ2) is 5.91. The zero-order valence-corrected chi connectivity index (χ0v) is 11.6. The Hall–Kier alpha value is -0.770. The number of rotatable bonds is 3. The van der Waals surface area contributed by atoms with E-state index in [1.807, 2.05) is 4.90 Å². The molecule has 1 atom stereocenters. The molecule has 1 saturated carbocycles. The van der Waals surface area contributed by atoms with E-state index in [9.17, 15) is 4.79 Å². The highest BCUT2D eigenvalue weighted by Gasteiger charge is 2.33. The van der Waals surface area contributed by atoms with Crippen LogP contribution in [0.4, 0.5) is 4.79 Å². The molecular weight excluding hydrogens is 226 g/mol. The van der Waals surface area contributed by atoms with Crippen molar-refractivity contribution >= 4 is 6.03 Å². The van der Waals surface area contributed by atoms with Crippen LogP contribution < -0.4 is 11.1 Å². The number of hydrogen-bond acceptors (Lipinski definition) is 2. The van der Waals surface area contributed by atoms with Crippen LogP contribution in [-0.2, 0) is 0 Å². The lowest BCUT2D eigenvalue weighted by atomic mass is 9.86. The standard InChI is InChI=1S/C14H27N3O/c1-12-5-4-8-17(9-12)13(18)16-11-14(10-15)6-2-3-7-14/h12H,2-11,15H2,1H3,(H,16,18). The summed E-state index contributed by atoms with van der Waals surface area (Å²) in [7, 11) is 0. The summed E-state index contributed by atoms with van der Waals surface area (Å²) in [5, 5.41) is 3.11. The van der Waals surface area contributed by atoms with Crippen molar-refractivity contribution < 1.29 is 4.79 Å². The van der Waals surface area contributed by atoms with Crippen LogP contribution in [0.25, 0.3) is 0 Å². The third-order valence-corrected chi connectivity index (χ3v) is 4.66. The molecule has 2 amide bonds. The minimum Gasteiger partial charge on any atom is -0.337 e. The molecule has 4 nitrogen and oxygen atoms in total. The zero-order valence-electron chi connectivity index (χ0n) is 11.6. The number of carbonyl (C=O) groups excluding carboxylic acids is 1. The fraction of sp³-hybridized carbons (Fsp3) is 0.929. The summed E-state index contributed by atoms with van der Waals surface area (Å²) in [6, 6.07) is 0.112. The average Bonchev–Trinajstić information content (AvgIpc) is 2.85. The highest BCUT2D eigenvalue weighted by atomic mass is 16.2. The quantitative estimate of drug-likeness (QED) is 0.807. The van der Waals surface area contributed by atoms with E-state index in [4.69, 9.17) is 5.73 Å². The van der Waals surface area contributed by atoms with Gasteiger partial charge in [0.05, 0.1) is 0 Å². The predicted octanol–water partition coefficient (Wildman–Crippen LogP) is 1.95. The monoisotopic (exact) mass is 253 g/mol. The normalized spacial score (nSPS) is 27.2. The smallest absolute Gasteiger partial charge is 0.317 e. The lowest BCUT2D eigenvalue weighted by molar-refractivity contribution is 0.163. The fourth-order valence-corrected chi connectivity index (χ4v) is 3.33. The minimum atomic E-state index is 0.112. The van der Waals surface area contributed by atoms with E-state index >= 15 is 0 Å². The lowest BCUT2D eigenvalue weighted by Gasteiger charge is -2.33. The van der Waals surface area contributed by atoms with Gasteiger partial charge in [0.15, 0.2) is 0 Å². The Kier molecular flexibility index (Phi) is 4.49. The molecule has 4 heteroatoms. The minimum absolute atomic E-state index is 0.112. The van der Waals surface area contributed by atoms with Gasteiger partial charge in [0.2, 0.25) is 0 Å². The Bertz CT molecular complexity index is 287. The topological polar surface area (TPSA) is 58.4 Å². The first kappa shape index (κ1) is 13.7. The maximum absolute atomic E-state index is 12.1. The van der Waals surface area contributed by atoms with Crippen LogP contribution in [0.2, 0.25) is 0 Å². The molecule has 0 aromatic rings. The maximum atomic E-state index is 12.1.